The van der Waals surface area contributed by atoms with E-state index >= 15 is 0 Å². The van der Waals surface area contributed by atoms with Crippen molar-refractivity contribution in [1.82, 2.24) is 5.32 Å². The van der Waals surface area contributed by atoms with E-state index in [0.29, 0.717) is 12.9 Å². The summed E-state index contributed by atoms with van der Waals surface area (Å²) >= 11 is 1.78. The second kappa shape index (κ2) is 8.13. The third-order valence-corrected chi connectivity index (χ3v) is 2.82. The van der Waals surface area contributed by atoms with Gasteiger partial charge in [-0.1, -0.05) is 5.92 Å². The highest BCUT2D eigenvalue weighted by molar-refractivity contribution is 7.99. The Hall–Kier alpha value is -0.210. The van der Waals surface area contributed by atoms with Gasteiger partial charge in [-0.15, -0.1) is 18.2 Å². The van der Waals surface area contributed by atoms with E-state index < -0.39 is 0 Å². The minimum atomic E-state index is 0.321. The van der Waals surface area contributed by atoms with Gasteiger partial charge in [0.1, 0.15) is 6.79 Å². The van der Waals surface area contributed by atoms with Gasteiger partial charge < -0.3 is 14.8 Å². The number of rotatable bonds is 6. The Morgan fingerprint density at radius 3 is 3.21 bits per heavy atom. The molecule has 1 aliphatic heterocycles. The van der Waals surface area contributed by atoms with Crippen LogP contribution in [0, 0.1) is 12.3 Å². The van der Waals surface area contributed by atoms with E-state index in [2.05, 4.69) is 11.2 Å². The molecule has 0 bridgehead atoms. The van der Waals surface area contributed by atoms with Crippen LogP contribution in [0.2, 0.25) is 0 Å². The molecule has 0 saturated carbocycles. The summed E-state index contributed by atoms with van der Waals surface area (Å²) in [5.74, 6) is 4.47. The second-order valence-electron chi connectivity index (χ2n) is 3.06. The van der Waals surface area contributed by atoms with Crippen LogP contribution in [0.3, 0.4) is 0 Å². The van der Waals surface area contributed by atoms with Gasteiger partial charge >= 0.3 is 0 Å². The molecule has 0 aliphatic carbocycles. The lowest BCUT2D eigenvalue weighted by Crippen LogP contribution is -2.34. The normalized spacial score (nSPS) is 21.8. The van der Waals surface area contributed by atoms with Gasteiger partial charge in [-0.3, -0.25) is 0 Å². The molecule has 0 aromatic carbocycles. The Bertz CT molecular complexity index is 175. The fourth-order valence-corrected chi connectivity index (χ4v) is 1.75. The molecule has 0 aromatic rings. The predicted molar refractivity (Wildman–Crippen MR) is 59.3 cm³/mol. The zero-order valence-electron chi connectivity index (χ0n) is 8.33. The van der Waals surface area contributed by atoms with E-state index in [1.54, 1.807) is 11.8 Å². The molecule has 1 heterocycles. The Kier molecular flexibility index (Phi) is 6.89. The smallest absolute Gasteiger partial charge is 0.147 e. The van der Waals surface area contributed by atoms with Crippen LogP contribution in [0.15, 0.2) is 0 Å². The van der Waals surface area contributed by atoms with Crippen molar-refractivity contribution < 1.29 is 9.47 Å². The maximum absolute atomic E-state index is 5.38. The summed E-state index contributed by atoms with van der Waals surface area (Å²) < 4.78 is 10.5. The second-order valence-corrected chi connectivity index (χ2v) is 4.17. The van der Waals surface area contributed by atoms with Crippen LogP contribution in [-0.2, 0) is 9.47 Å². The molecule has 1 atom stereocenters. The average Bonchev–Trinajstić information content (AvgIpc) is 2.25. The molecule has 1 rings (SSSR count). The summed E-state index contributed by atoms with van der Waals surface area (Å²) in [5.41, 5.74) is 0. The van der Waals surface area contributed by atoms with E-state index in [0.717, 1.165) is 37.6 Å². The SMILES string of the molecule is C#CCSCCNCC1CCOCO1. The highest BCUT2D eigenvalue weighted by Crippen LogP contribution is 2.04. The number of hydrogen-bond acceptors (Lipinski definition) is 4. The van der Waals surface area contributed by atoms with Crippen molar-refractivity contribution in [3.05, 3.63) is 0 Å². The van der Waals surface area contributed by atoms with Gasteiger partial charge in [-0.05, 0) is 6.42 Å². The van der Waals surface area contributed by atoms with Crippen LogP contribution >= 0.6 is 11.8 Å². The lowest BCUT2D eigenvalue weighted by molar-refractivity contribution is -0.137. The maximum atomic E-state index is 5.38. The molecule has 1 saturated heterocycles. The monoisotopic (exact) mass is 215 g/mol. The number of nitrogens with one attached hydrogen (secondary N) is 1. The van der Waals surface area contributed by atoms with Crippen LogP contribution in [0.5, 0.6) is 0 Å². The number of thioether (sulfide) groups is 1. The van der Waals surface area contributed by atoms with Gasteiger partial charge in [0, 0.05) is 18.8 Å². The van der Waals surface area contributed by atoms with Crippen LogP contribution < -0.4 is 5.32 Å². The Morgan fingerprint density at radius 2 is 2.50 bits per heavy atom. The fraction of sp³-hybridized carbons (Fsp3) is 0.800. The van der Waals surface area contributed by atoms with Gasteiger partial charge in [0.15, 0.2) is 0 Å². The first-order chi connectivity index (χ1) is 6.93. The van der Waals surface area contributed by atoms with E-state index in [4.69, 9.17) is 15.9 Å². The molecule has 1 fully saturated rings. The standard InChI is InChI=1S/C10H17NO2S/c1-2-6-14-7-4-11-8-10-3-5-12-9-13-10/h1,10-11H,3-9H2. The molecule has 1 N–H and O–H groups in total. The summed E-state index contributed by atoms with van der Waals surface area (Å²) in [7, 11) is 0. The van der Waals surface area contributed by atoms with Crippen molar-refractivity contribution in [2.45, 2.75) is 12.5 Å². The van der Waals surface area contributed by atoms with Crippen molar-refractivity contribution in [3.63, 3.8) is 0 Å². The first-order valence-corrected chi connectivity index (χ1v) is 6.00. The number of terminal acetylenes is 1. The van der Waals surface area contributed by atoms with E-state index in [9.17, 15) is 0 Å². The Balaban J connectivity index is 1.85. The van der Waals surface area contributed by atoms with Crippen molar-refractivity contribution in [2.75, 3.05) is 38.0 Å². The Morgan fingerprint density at radius 1 is 1.57 bits per heavy atom. The minimum absolute atomic E-state index is 0.321. The van der Waals surface area contributed by atoms with Gasteiger partial charge in [-0.25, -0.2) is 0 Å². The van der Waals surface area contributed by atoms with Gasteiger partial charge in [0.2, 0.25) is 0 Å². The van der Waals surface area contributed by atoms with Crippen LogP contribution in [0.25, 0.3) is 0 Å². The topological polar surface area (TPSA) is 30.5 Å². The zero-order valence-corrected chi connectivity index (χ0v) is 9.15. The number of ether oxygens (including phenoxy) is 2. The molecule has 14 heavy (non-hydrogen) atoms. The van der Waals surface area contributed by atoms with Crippen molar-refractivity contribution in [3.8, 4) is 12.3 Å². The van der Waals surface area contributed by atoms with Crippen LogP contribution in [0.1, 0.15) is 6.42 Å². The third-order valence-electron chi connectivity index (χ3n) is 1.95. The molecule has 1 unspecified atom stereocenters. The molecule has 0 amide bonds. The molecule has 4 heteroatoms. The van der Waals surface area contributed by atoms with Crippen molar-refractivity contribution in [2.24, 2.45) is 0 Å². The largest absolute Gasteiger partial charge is 0.355 e. The summed E-state index contributed by atoms with van der Waals surface area (Å²) in [6, 6.07) is 0. The van der Waals surface area contributed by atoms with E-state index in [1.807, 2.05) is 0 Å². The predicted octanol–water partition coefficient (Wildman–Crippen LogP) is 0.705. The van der Waals surface area contributed by atoms with E-state index in [-0.39, 0.29) is 0 Å². The molecule has 80 valence electrons. The Labute approximate surface area is 89.9 Å². The van der Waals surface area contributed by atoms with Crippen LogP contribution in [-0.4, -0.2) is 44.1 Å². The highest BCUT2D eigenvalue weighted by Gasteiger charge is 2.12. The van der Waals surface area contributed by atoms with Crippen LogP contribution in [0.4, 0.5) is 0 Å². The summed E-state index contributed by atoms with van der Waals surface area (Å²) in [6.07, 6.45) is 6.45. The first-order valence-electron chi connectivity index (χ1n) is 4.84. The van der Waals surface area contributed by atoms with E-state index in [1.165, 1.54) is 0 Å². The quantitative estimate of drug-likeness (QED) is 0.522. The average molecular weight is 215 g/mol. The van der Waals surface area contributed by atoms with Gasteiger partial charge in [0.05, 0.1) is 18.5 Å². The highest BCUT2D eigenvalue weighted by atomic mass is 32.2. The summed E-state index contributed by atoms with van der Waals surface area (Å²) in [4.78, 5) is 0. The number of hydrogen-bond donors (Lipinski definition) is 1. The molecule has 3 nitrogen and oxygen atoms in total. The molecule has 1 aliphatic rings. The molecular weight excluding hydrogens is 198 g/mol. The van der Waals surface area contributed by atoms with Crippen molar-refractivity contribution in [1.29, 1.82) is 0 Å². The van der Waals surface area contributed by atoms with Crippen molar-refractivity contribution >= 4 is 11.8 Å². The van der Waals surface area contributed by atoms with Gasteiger partial charge in [0.25, 0.3) is 0 Å². The lowest BCUT2D eigenvalue weighted by atomic mass is 10.2. The maximum Gasteiger partial charge on any atom is 0.147 e. The third kappa shape index (κ3) is 5.51. The molecular formula is C10H17NO2S. The van der Waals surface area contributed by atoms with Gasteiger partial charge in [-0.2, -0.15) is 0 Å². The minimum Gasteiger partial charge on any atom is -0.355 e. The first kappa shape index (κ1) is 11.9. The fourth-order valence-electron chi connectivity index (χ4n) is 1.20. The molecule has 0 radical (unpaired) electrons. The molecule has 0 aromatic heterocycles. The summed E-state index contributed by atoms with van der Waals surface area (Å²) in [5, 5.41) is 3.34. The lowest BCUT2D eigenvalue weighted by Gasteiger charge is -2.22. The molecule has 0 spiro atoms. The zero-order chi connectivity index (χ0) is 10.1. The summed E-state index contributed by atoms with van der Waals surface area (Å²) in [6.45, 7) is 3.17.